The summed E-state index contributed by atoms with van der Waals surface area (Å²) in [6.45, 7) is 22.4. The molecule has 4 heteroatoms. The Morgan fingerprint density at radius 2 is 1.19 bits per heavy atom. The predicted molar refractivity (Wildman–Crippen MR) is 263 cm³/mol. The number of hydrogen-bond donors (Lipinski definition) is 0. The lowest BCUT2D eigenvalue weighted by Gasteiger charge is -2.24. The van der Waals surface area contributed by atoms with E-state index in [1.165, 1.54) is 16.7 Å². The molecule has 0 saturated carbocycles. The molecule has 0 atom stereocenters. The van der Waals surface area contributed by atoms with Gasteiger partial charge in [-0.3, -0.25) is 9.55 Å². The molecule has 6 aromatic carbocycles. The van der Waals surface area contributed by atoms with Crippen molar-refractivity contribution >= 4 is 11.0 Å². The van der Waals surface area contributed by atoms with Crippen LogP contribution < -0.4 is 4.74 Å². The van der Waals surface area contributed by atoms with Crippen molar-refractivity contribution in [1.29, 1.82) is 0 Å². The van der Waals surface area contributed by atoms with Gasteiger partial charge in [0.05, 0.1) is 35.1 Å². The number of benzene rings is 6. The minimum absolute atomic E-state index is 0.0272. The third kappa shape index (κ3) is 8.23. The Labute approximate surface area is 373 Å². The molecule has 8 aromatic rings. The fraction of sp³-hybridized carbons (Fsp3) is 0.276. The zero-order valence-corrected chi connectivity index (χ0v) is 38.5. The van der Waals surface area contributed by atoms with Crippen LogP contribution in [0, 0.1) is 20.7 Å². The van der Waals surface area contributed by atoms with Gasteiger partial charge in [-0.15, -0.1) is 0 Å². The van der Waals surface area contributed by atoms with E-state index in [1.54, 1.807) is 19.2 Å². The Bertz CT molecular complexity index is 3060. The van der Waals surface area contributed by atoms with Gasteiger partial charge in [0.15, 0.2) is 0 Å². The van der Waals surface area contributed by atoms with Crippen molar-refractivity contribution in [2.24, 2.45) is 0 Å². The van der Waals surface area contributed by atoms with E-state index in [0.717, 1.165) is 89.6 Å². The van der Waals surface area contributed by atoms with Crippen LogP contribution in [0.5, 0.6) is 5.75 Å². The quantitative estimate of drug-likeness (QED) is 0.161. The second kappa shape index (κ2) is 15.9. The molecular formula is C58H61N3O. The molecule has 62 heavy (non-hydrogen) atoms. The van der Waals surface area contributed by atoms with Gasteiger partial charge < -0.3 is 4.74 Å². The number of ether oxygens (including phenoxy) is 1. The fourth-order valence-electron chi connectivity index (χ4n) is 8.52. The van der Waals surface area contributed by atoms with Crippen molar-refractivity contribution < 1.29 is 8.85 Å². The van der Waals surface area contributed by atoms with Gasteiger partial charge in [-0.05, 0) is 129 Å². The molecule has 0 aliphatic carbocycles. The van der Waals surface area contributed by atoms with Gasteiger partial charge in [0, 0.05) is 27.0 Å². The monoisotopic (exact) mass is 819 g/mol. The standard InChI is InChI=1S/C58H61N3O/c1-36-17-19-39(20-18-36)41-27-28-59-50(34-41)43-31-42(32-46(33-43)58(10,11)12)48-15-14-16-51-53(48)60-55(49-30-37(2)29-38(3)54(49)62-13)61(51)52-35-45(57(7,8)9)25-26-47(52)40-21-23-44(24-22-40)56(4,5)6/h14-35H,1-13H3/i1D3. The van der Waals surface area contributed by atoms with E-state index in [2.05, 4.69) is 178 Å². The van der Waals surface area contributed by atoms with E-state index in [4.69, 9.17) is 18.8 Å². The van der Waals surface area contributed by atoms with Crippen LogP contribution in [0.2, 0.25) is 0 Å². The van der Waals surface area contributed by atoms with E-state index in [1.807, 2.05) is 24.4 Å². The first-order valence-corrected chi connectivity index (χ1v) is 21.7. The van der Waals surface area contributed by atoms with Gasteiger partial charge in [0.1, 0.15) is 11.6 Å². The first-order valence-electron chi connectivity index (χ1n) is 23.2. The highest BCUT2D eigenvalue weighted by atomic mass is 16.5. The zero-order valence-electron chi connectivity index (χ0n) is 41.5. The number of methoxy groups -OCH3 is 1. The summed E-state index contributed by atoms with van der Waals surface area (Å²) in [5, 5.41) is 0. The minimum Gasteiger partial charge on any atom is -0.496 e. The maximum Gasteiger partial charge on any atom is 0.149 e. The van der Waals surface area contributed by atoms with Gasteiger partial charge in [0.2, 0.25) is 0 Å². The minimum atomic E-state index is -2.16. The summed E-state index contributed by atoms with van der Waals surface area (Å²) in [4.78, 5) is 10.6. The van der Waals surface area contributed by atoms with Crippen LogP contribution in [0.3, 0.4) is 0 Å². The molecule has 0 amide bonds. The number of pyridine rings is 1. The SMILES string of the molecule is [2H]C([2H])([2H])c1ccc(-c2ccnc(-c3cc(-c4cccc5c4nc(-c4cc(C)cc(C)c4OC)n5-c4cc(C(C)(C)C)ccc4-c4ccc(C(C)(C)C)cc4)cc(C(C)(C)C)c3)c2)cc1. The van der Waals surface area contributed by atoms with E-state index in [0.29, 0.717) is 5.56 Å². The molecule has 0 radical (unpaired) electrons. The third-order valence-corrected chi connectivity index (χ3v) is 12.1. The molecule has 0 aliphatic rings. The maximum absolute atomic E-state index is 7.85. The molecule has 0 unspecified atom stereocenters. The van der Waals surface area contributed by atoms with Crippen LogP contribution in [0.25, 0.3) is 72.7 Å². The average molecular weight is 819 g/mol. The summed E-state index contributed by atoms with van der Waals surface area (Å²) in [5.74, 6) is 1.61. The molecule has 314 valence electrons. The summed E-state index contributed by atoms with van der Waals surface area (Å²) in [7, 11) is 1.75. The van der Waals surface area contributed by atoms with Crippen molar-refractivity contribution in [2.45, 2.75) is 99.3 Å². The largest absolute Gasteiger partial charge is 0.496 e. The fourth-order valence-corrected chi connectivity index (χ4v) is 8.52. The molecule has 2 heterocycles. The van der Waals surface area contributed by atoms with Crippen molar-refractivity contribution in [3.05, 3.63) is 167 Å². The van der Waals surface area contributed by atoms with Crippen LogP contribution in [-0.4, -0.2) is 21.6 Å². The van der Waals surface area contributed by atoms with Crippen LogP contribution >= 0.6 is 0 Å². The second-order valence-electron chi connectivity index (χ2n) is 20.0. The molecule has 8 rings (SSSR count). The Morgan fingerprint density at radius 1 is 0.532 bits per heavy atom. The number of fused-ring (bicyclic) bond motifs is 1. The van der Waals surface area contributed by atoms with Crippen LogP contribution in [0.4, 0.5) is 0 Å². The second-order valence-corrected chi connectivity index (χ2v) is 20.0. The normalized spacial score (nSPS) is 13.2. The lowest BCUT2D eigenvalue weighted by Crippen LogP contribution is -2.13. The molecule has 0 spiro atoms. The number of aryl methyl sites for hydroxylation is 3. The van der Waals surface area contributed by atoms with E-state index < -0.39 is 6.85 Å². The molecular weight excluding hydrogens is 755 g/mol. The lowest BCUT2D eigenvalue weighted by atomic mass is 9.83. The number of para-hydroxylation sites is 1. The smallest absolute Gasteiger partial charge is 0.149 e. The molecule has 0 aliphatic heterocycles. The maximum atomic E-state index is 7.85. The topological polar surface area (TPSA) is 39.9 Å². The Kier molecular flexibility index (Phi) is 9.91. The zero-order chi connectivity index (χ0) is 46.8. The first kappa shape index (κ1) is 38.6. The summed E-state index contributed by atoms with van der Waals surface area (Å²) >= 11 is 0. The Balaban J connectivity index is 1.40. The lowest BCUT2D eigenvalue weighted by molar-refractivity contribution is 0.413. The Morgan fingerprint density at radius 3 is 1.85 bits per heavy atom. The van der Waals surface area contributed by atoms with Crippen molar-refractivity contribution in [3.63, 3.8) is 0 Å². The summed E-state index contributed by atoms with van der Waals surface area (Å²) < 4.78 is 32.1. The van der Waals surface area contributed by atoms with Gasteiger partial charge in [-0.1, -0.05) is 153 Å². The van der Waals surface area contributed by atoms with Crippen molar-refractivity contribution in [3.8, 4) is 67.5 Å². The molecule has 4 nitrogen and oxygen atoms in total. The molecule has 0 N–H and O–H groups in total. The molecule has 0 bridgehead atoms. The predicted octanol–water partition coefficient (Wildman–Crippen LogP) is 15.6. The summed E-state index contributed by atoms with van der Waals surface area (Å²) in [5.41, 5.74) is 17.8. The highest BCUT2D eigenvalue weighted by molar-refractivity contribution is 5.98. The molecule has 0 saturated heterocycles. The molecule has 0 fully saturated rings. The van der Waals surface area contributed by atoms with Crippen LogP contribution in [-0.2, 0) is 16.2 Å². The van der Waals surface area contributed by atoms with Crippen molar-refractivity contribution in [2.75, 3.05) is 7.11 Å². The number of nitrogens with zero attached hydrogens (tertiary/aromatic N) is 3. The highest BCUT2D eigenvalue weighted by Gasteiger charge is 2.26. The number of imidazole rings is 1. The van der Waals surface area contributed by atoms with Gasteiger partial charge in [-0.2, -0.15) is 0 Å². The van der Waals surface area contributed by atoms with E-state index >= 15 is 0 Å². The van der Waals surface area contributed by atoms with E-state index in [-0.39, 0.29) is 16.2 Å². The van der Waals surface area contributed by atoms with Gasteiger partial charge >= 0.3 is 0 Å². The summed E-state index contributed by atoms with van der Waals surface area (Å²) in [6, 6.07) is 44.8. The number of hydrogen-bond acceptors (Lipinski definition) is 3. The van der Waals surface area contributed by atoms with Crippen molar-refractivity contribution in [1.82, 2.24) is 14.5 Å². The van der Waals surface area contributed by atoms with Crippen LogP contribution in [0.1, 0.15) is 99.8 Å². The highest BCUT2D eigenvalue weighted by Crippen LogP contribution is 2.44. The summed E-state index contributed by atoms with van der Waals surface area (Å²) in [6.07, 6.45) is 1.83. The van der Waals surface area contributed by atoms with Gasteiger partial charge in [0.25, 0.3) is 0 Å². The number of aromatic nitrogens is 3. The third-order valence-electron chi connectivity index (χ3n) is 12.1. The average Bonchev–Trinajstić information content (AvgIpc) is 3.64. The van der Waals surface area contributed by atoms with Crippen LogP contribution in [0.15, 0.2) is 134 Å². The van der Waals surface area contributed by atoms with Gasteiger partial charge in [-0.25, -0.2) is 4.98 Å². The number of rotatable bonds is 7. The van der Waals surface area contributed by atoms with E-state index in [9.17, 15) is 0 Å². The molecule has 2 aromatic heterocycles. The Hall–Kier alpha value is -6.26. The first-order chi connectivity index (χ1) is 30.5.